The van der Waals surface area contributed by atoms with E-state index in [4.69, 9.17) is 5.41 Å². The maximum absolute atomic E-state index is 7.68. The van der Waals surface area contributed by atoms with E-state index in [1.54, 1.807) is 16.8 Å². The molecule has 14 heavy (non-hydrogen) atoms. The van der Waals surface area contributed by atoms with Crippen LogP contribution < -0.4 is 10.8 Å². The van der Waals surface area contributed by atoms with Gasteiger partial charge in [0.1, 0.15) is 11.7 Å². The standard InChI is InChI=1S/C10H14N4/c1-3-13-8-10(12-2)14-7-5-4-6-9(14)11/h3-8,10-12H,1H2,2H3. The molecule has 2 N–H and O–H groups in total. The summed E-state index contributed by atoms with van der Waals surface area (Å²) in [6.07, 6.45) is 4.89. The second-order valence-electron chi connectivity index (χ2n) is 2.71. The van der Waals surface area contributed by atoms with Crippen LogP contribution in [0.25, 0.3) is 0 Å². The Hall–Kier alpha value is -1.68. The number of pyridine rings is 1. The molecule has 1 rings (SSSR count). The van der Waals surface area contributed by atoms with E-state index < -0.39 is 0 Å². The van der Waals surface area contributed by atoms with Crippen molar-refractivity contribution in [3.63, 3.8) is 0 Å². The molecule has 1 unspecified atom stereocenters. The van der Waals surface area contributed by atoms with Gasteiger partial charge in [-0.3, -0.25) is 15.7 Å². The van der Waals surface area contributed by atoms with Gasteiger partial charge in [-0.25, -0.2) is 0 Å². The summed E-state index contributed by atoms with van der Waals surface area (Å²) < 4.78 is 1.77. The van der Waals surface area contributed by atoms with Gasteiger partial charge in [0.2, 0.25) is 0 Å². The summed E-state index contributed by atoms with van der Waals surface area (Å²) in [7, 11) is 1.82. The van der Waals surface area contributed by atoms with Crippen molar-refractivity contribution in [2.75, 3.05) is 7.05 Å². The molecule has 1 aromatic rings. The van der Waals surface area contributed by atoms with Crippen LogP contribution in [0.15, 0.2) is 42.2 Å². The first kappa shape index (κ1) is 10.4. The van der Waals surface area contributed by atoms with Crippen molar-refractivity contribution in [1.82, 2.24) is 9.88 Å². The van der Waals surface area contributed by atoms with Crippen LogP contribution in [0.5, 0.6) is 0 Å². The maximum Gasteiger partial charge on any atom is 0.126 e. The molecule has 4 nitrogen and oxygen atoms in total. The predicted octanol–water partition coefficient (Wildman–Crippen LogP) is 0.900. The fourth-order valence-electron chi connectivity index (χ4n) is 1.13. The molecular formula is C10H14N4. The zero-order chi connectivity index (χ0) is 10.4. The number of hydrogen-bond donors (Lipinski definition) is 2. The van der Waals surface area contributed by atoms with Crippen molar-refractivity contribution in [2.24, 2.45) is 4.99 Å². The first-order chi connectivity index (χ1) is 6.79. The highest BCUT2D eigenvalue weighted by Crippen LogP contribution is 1.93. The van der Waals surface area contributed by atoms with Gasteiger partial charge in [0.05, 0.1) is 0 Å². The molecule has 0 saturated heterocycles. The van der Waals surface area contributed by atoms with Gasteiger partial charge in [0.15, 0.2) is 0 Å². The number of rotatable bonds is 4. The Morgan fingerprint density at radius 1 is 1.64 bits per heavy atom. The summed E-state index contributed by atoms with van der Waals surface area (Å²) in [6.45, 7) is 3.50. The SMILES string of the molecule is C=CN=CC(NC)n1ccccc1=N. The fourth-order valence-corrected chi connectivity index (χ4v) is 1.13. The van der Waals surface area contributed by atoms with E-state index in [9.17, 15) is 0 Å². The van der Waals surface area contributed by atoms with Crippen LogP contribution in [0.3, 0.4) is 0 Å². The van der Waals surface area contributed by atoms with Crippen LogP contribution >= 0.6 is 0 Å². The third kappa shape index (κ3) is 2.40. The molecule has 0 aliphatic heterocycles. The molecule has 0 radical (unpaired) electrons. The fraction of sp³-hybridized carbons (Fsp3) is 0.200. The minimum Gasteiger partial charge on any atom is -0.312 e. The van der Waals surface area contributed by atoms with Gasteiger partial charge in [-0.15, -0.1) is 0 Å². The lowest BCUT2D eigenvalue weighted by Gasteiger charge is -2.14. The first-order valence-corrected chi connectivity index (χ1v) is 4.33. The summed E-state index contributed by atoms with van der Waals surface area (Å²) in [6, 6.07) is 5.44. The monoisotopic (exact) mass is 190 g/mol. The molecule has 0 aliphatic rings. The maximum atomic E-state index is 7.68. The second-order valence-corrected chi connectivity index (χ2v) is 2.71. The van der Waals surface area contributed by atoms with Gasteiger partial charge in [-0.1, -0.05) is 12.6 Å². The molecule has 0 fully saturated rings. The van der Waals surface area contributed by atoms with E-state index in [2.05, 4.69) is 16.9 Å². The van der Waals surface area contributed by atoms with Crippen LogP contribution in [0.1, 0.15) is 6.17 Å². The van der Waals surface area contributed by atoms with Crippen molar-refractivity contribution < 1.29 is 0 Å². The normalized spacial score (nSPS) is 12.9. The molecule has 1 heterocycles. The van der Waals surface area contributed by atoms with Gasteiger partial charge in [-0.2, -0.15) is 0 Å². The summed E-state index contributed by atoms with van der Waals surface area (Å²) in [5, 5.41) is 10.7. The third-order valence-electron chi connectivity index (χ3n) is 1.82. The molecule has 0 amide bonds. The lowest BCUT2D eigenvalue weighted by atomic mass is 10.4. The van der Waals surface area contributed by atoms with Crippen molar-refractivity contribution in [1.29, 1.82) is 5.41 Å². The molecule has 1 aromatic heterocycles. The van der Waals surface area contributed by atoms with Gasteiger partial charge in [0, 0.05) is 18.6 Å². The second kappa shape index (κ2) is 5.14. The van der Waals surface area contributed by atoms with Crippen LogP contribution in [-0.2, 0) is 0 Å². The zero-order valence-electron chi connectivity index (χ0n) is 8.14. The van der Waals surface area contributed by atoms with Crippen LogP contribution in [0, 0.1) is 5.41 Å². The zero-order valence-corrected chi connectivity index (χ0v) is 8.14. The Morgan fingerprint density at radius 3 is 3.00 bits per heavy atom. The number of hydrogen-bond acceptors (Lipinski definition) is 3. The average Bonchev–Trinajstić information content (AvgIpc) is 2.21. The molecule has 0 saturated carbocycles. The van der Waals surface area contributed by atoms with Crippen LogP contribution in [0.2, 0.25) is 0 Å². The van der Waals surface area contributed by atoms with E-state index in [1.807, 2.05) is 25.4 Å². The Bertz CT molecular complexity index is 378. The summed E-state index contributed by atoms with van der Waals surface area (Å²) in [5.41, 5.74) is 0.433. The number of nitrogens with zero attached hydrogens (tertiary/aromatic N) is 2. The molecule has 0 spiro atoms. The molecule has 74 valence electrons. The number of nitrogens with one attached hydrogen (secondary N) is 2. The molecular weight excluding hydrogens is 176 g/mol. The minimum absolute atomic E-state index is 0.110. The van der Waals surface area contributed by atoms with Crippen molar-refractivity contribution in [3.8, 4) is 0 Å². The smallest absolute Gasteiger partial charge is 0.126 e. The van der Waals surface area contributed by atoms with E-state index >= 15 is 0 Å². The minimum atomic E-state index is -0.110. The quantitative estimate of drug-likeness (QED) is 0.681. The highest BCUT2D eigenvalue weighted by molar-refractivity contribution is 5.62. The van der Waals surface area contributed by atoms with Crippen molar-refractivity contribution >= 4 is 6.21 Å². The van der Waals surface area contributed by atoms with Crippen LogP contribution in [0.4, 0.5) is 0 Å². The van der Waals surface area contributed by atoms with Gasteiger partial charge >= 0.3 is 0 Å². The third-order valence-corrected chi connectivity index (χ3v) is 1.82. The number of aliphatic imine (C=N–C) groups is 1. The molecule has 0 aliphatic carbocycles. The average molecular weight is 190 g/mol. The molecule has 0 bridgehead atoms. The summed E-state index contributed by atoms with van der Waals surface area (Å²) in [4.78, 5) is 3.93. The topological polar surface area (TPSA) is 53.2 Å². The van der Waals surface area contributed by atoms with Gasteiger partial charge in [0.25, 0.3) is 0 Å². The van der Waals surface area contributed by atoms with E-state index in [-0.39, 0.29) is 6.17 Å². The van der Waals surface area contributed by atoms with Crippen LogP contribution in [-0.4, -0.2) is 17.8 Å². The lowest BCUT2D eigenvalue weighted by molar-refractivity contribution is 0.541. The van der Waals surface area contributed by atoms with E-state index in [1.165, 1.54) is 6.20 Å². The Balaban J connectivity index is 3.00. The van der Waals surface area contributed by atoms with E-state index in [0.717, 1.165) is 0 Å². The van der Waals surface area contributed by atoms with Crippen molar-refractivity contribution in [2.45, 2.75) is 6.17 Å². The predicted molar refractivity (Wildman–Crippen MR) is 57.1 cm³/mol. The summed E-state index contributed by atoms with van der Waals surface area (Å²) >= 11 is 0. The number of aromatic nitrogens is 1. The summed E-state index contributed by atoms with van der Waals surface area (Å²) in [5.74, 6) is 0. The Kier molecular flexibility index (Phi) is 3.82. The van der Waals surface area contributed by atoms with Crippen molar-refractivity contribution in [3.05, 3.63) is 42.7 Å². The highest BCUT2D eigenvalue weighted by atomic mass is 15.2. The molecule has 0 aromatic carbocycles. The Labute approximate surface area is 83.1 Å². The highest BCUT2D eigenvalue weighted by Gasteiger charge is 2.02. The lowest BCUT2D eigenvalue weighted by Crippen LogP contribution is -2.32. The first-order valence-electron chi connectivity index (χ1n) is 4.33. The van der Waals surface area contributed by atoms with E-state index in [0.29, 0.717) is 5.49 Å². The Morgan fingerprint density at radius 2 is 2.43 bits per heavy atom. The molecule has 1 atom stereocenters. The molecule has 4 heteroatoms. The van der Waals surface area contributed by atoms with Gasteiger partial charge in [-0.05, 0) is 19.2 Å². The largest absolute Gasteiger partial charge is 0.312 e. The van der Waals surface area contributed by atoms with Gasteiger partial charge < -0.3 is 4.57 Å².